The fraction of sp³-hybridized carbons (Fsp3) is 0.529. The van der Waals surface area contributed by atoms with E-state index in [0.717, 1.165) is 17.9 Å². The Labute approximate surface area is 125 Å². The van der Waals surface area contributed by atoms with E-state index in [1.54, 1.807) is 18.3 Å². The highest BCUT2D eigenvalue weighted by Gasteiger charge is 2.43. The number of pyridine rings is 1. The van der Waals surface area contributed by atoms with Crippen molar-refractivity contribution in [2.45, 2.75) is 32.1 Å². The van der Waals surface area contributed by atoms with Crippen molar-refractivity contribution in [3.8, 4) is 11.8 Å². The van der Waals surface area contributed by atoms with Gasteiger partial charge in [-0.2, -0.15) is 0 Å². The van der Waals surface area contributed by atoms with Gasteiger partial charge in [-0.15, -0.1) is 0 Å². The normalized spacial score (nSPS) is 26.2. The molecule has 3 unspecified atom stereocenters. The molecule has 2 bridgehead atoms. The van der Waals surface area contributed by atoms with E-state index in [-0.39, 0.29) is 18.4 Å². The number of aliphatic hydroxyl groups excluding tert-OH is 1. The molecule has 1 amide bonds. The summed E-state index contributed by atoms with van der Waals surface area (Å²) in [4.78, 5) is 16.5. The van der Waals surface area contributed by atoms with Gasteiger partial charge in [-0.1, -0.05) is 18.3 Å². The summed E-state index contributed by atoms with van der Waals surface area (Å²) >= 11 is 0. The number of aliphatic hydroxyl groups is 1. The third kappa shape index (κ3) is 3.25. The van der Waals surface area contributed by atoms with Gasteiger partial charge in [0.25, 0.3) is 0 Å². The fourth-order valence-electron chi connectivity index (χ4n) is 3.58. The molecule has 3 atom stereocenters. The van der Waals surface area contributed by atoms with Crippen LogP contribution in [0.25, 0.3) is 0 Å². The maximum Gasteiger partial charge on any atom is 0.228 e. The molecular weight excluding hydrogens is 264 g/mol. The largest absolute Gasteiger partial charge is 0.395 e. The quantitative estimate of drug-likeness (QED) is 0.836. The SMILES string of the molecule is O=C(Nc1cc(C#CCCO)ccn1)C1CC2CCC1C2. The highest BCUT2D eigenvalue weighted by Crippen LogP contribution is 2.48. The van der Waals surface area contributed by atoms with Crippen LogP contribution in [0.5, 0.6) is 0 Å². The molecule has 0 saturated heterocycles. The Balaban J connectivity index is 1.64. The molecule has 2 aliphatic rings. The lowest BCUT2D eigenvalue weighted by Gasteiger charge is -2.20. The third-order valence-electron chi connectivity index (χ3n) is 4.56. The Morgan fingerprint density at radius 2 is 2.33 bits per heavy atom. The van der Waals surface area contributed by atoms with Gasteiger partial charge in [-0.3, -0.25) is 4.79 Å². The Morgan fingerprint density at radius 3 is 3.05 bits per heavy atom. The molecule has 21 heavy (non-hydrogen) atoms. The summed E-state index contributed by atoms with van der Waals surface area (Å²) in [6, 6.07) is 3.59. The number of hydrogen-bond donors (Lipinski definition) is 2. The third-order valence-corrected chi connectivity index (χ3v) is 4.56. The number of nitrogens with one attached hydrogen (secondary N) is 1. The lowest BCUT2D eigenvalue weighted by molar-refractivity contribution is -0.121. The molecule has 1 aromatic heterocycles. The van der Waals surface area contributed by atoms with Gasteiger partial charge in [0.05, 0.1) is 6.61 Å². The molecule has 110 valence electrons. The number of carbonyl (C=O) groups is 1. The second kappa shape index (κ2) is 6.28. The second-order valence-electron chi connectivity index (χ2n) is 5.98. The van der Waals surface area contributed by atoms with Crippen LogP contribution >= 0.6 is 0 Å². The fourth-order valence-corrected chi connectivity index (χ4v) is 3.58. The van der Waals surface area contributed by atoms with Crippen LogP contribution in [0, 0.1) is 29.6 Å². The number of hydrogen-bond acceptors (Lipinski definition) is 3. The zero-order chi connectivity index (χ0) is 14.7. The van der Waals surface area contributed by atoms with Crippen molar-refractivity contribution in [2.75, 3.05) is 11.9 Å². The van der Waals surface area contributed by atoms with Crippen LogP contribution in [0.15, 0.2) is 18.3 Å². The Kier molecular flexibility index (Phi) is 4.21. The van der Waals surface area contributed by atoms with Crippen molar-refractivity contribution in [2.24, 2.45) is 17.8 Å². The number of anilines is 1. The van der Waals surface area contributed by atoms with Gasteiger partial charge in [-0.05, 0) is 43.2 Å². The van der Waals surface area contributed by atoms with Crippen molar-refractivity contribution < 1.29 is 9.90 Å². The lowest BCUT2D eigenvalue weighted by atomic mass is 9.88. The average molecular weight is 284 g/mol. The molecule has 0 aliphatic heterocycles. The number of carbonyl (C=O) groups excluding carboxylic acids is 1. The van der Waals surface area contributed by atoms with Gasteiger partial charge in [0.15, 0.2) is 0 Å². The molecule has 0 radical (unpaired) electrons. The topological polar surface area (TPSA) is 62.2 Å². The second-order valence-corrected chi connectivity index (χ2v) is 5.98. The van der Waals surface area contributed by atoms with E-state index in [0.29, 0.717) is 18.2 Å². The van der Waals surface area contributed by atoms with Crippen LogP contribution in [-0.2, 0) is 4.79 Å². The highest BCUT2D eigenvalue weighted by molar-refractivity contribution is 5.92. The molecule has 2 aliphatic carbocycles. The van der Waals surface area contributed by atoms with Crippen LogP contribution in [-0.4, -0.2) is 22.6 Å². The molecule has 0 aromatic carbocycles. The molecule has 3 rings (SSSR count). The van der Waals surface area contributed by atoms with Crippen molar-refractivity contribution in [1.82, 2.24) is 4.98 Å². The van der Waals surface area contributed by atoms with Crippen molar-refractivity contribution >= 4 is 11.7 Å². The summed E-state index contributed by atoms with van der Waals surface area (Å²) < 4.78 is 0. The highest BCUT2D eigenvalue weighted by atomic mass is 16.2. The first-order chi connectivity index (χ1) is 10.3. The molecule has 2 saturated carbocycles. The monoisotopic (exact) mass is 284 g/mol. The molecule has 2 N–H and O–H groups in total. The number of aromatic nitrogens is 1. The standard InChI is InChI=1S/C17H20N2O2/c20-8-2-1-3-12-6-7-18-16(11-12)19-17(21)15-10-13-4-5-14(15)9-13/h6-7,11,13-15,20H,2,4-5,8-10H2,(H,18,19,21). The van der Waals surface area contributed by atoms with E-state index in [2.05, 4.69) is 22.1 Å². The summed E-state index contributed by atoms with van der Waals surface area (Å²) in [5.41, 5.74) is 0.807. The van der Waals surface area contributed by atoms with Crippen molar-refractivity contribution in [3.05, 3.63) is 23.9 Å². The summed E-state index contributed by atoms with van der Waals surface area (Å²) in [5, 5.41) is 11.7. The van der Waals surface area contributed by atoms with Gasteiger partial charge in [-0.25, -0.2) is 4.98 Å². The van der Waals surface area contributed by atoms with Gasteiger partial charge in [0, 0.05) is 24.1 Å². The maximum atomic E-state index is 12.4. The molecular formula is C17H20N2O2. The molecule has 4 heteroatoms. The average Bonchev–Trinajstić information content (AvgIpc) is 3.11. The van der Waals surface area contributed by atoms with Crippen LogP contribution in [0.3, 0.4) is 0 Å². The van der Waals surface area contributed by atoms with Crippen LogP contribution in [0.2, 0.25) is 0 Å². The van der Waals surface area contributed by atoms with E-state index in [1.807, 2.05) is 0 Å². The van der Waals surface area contributed by atoms with E-state index in [1.165, 1.54) is 19.3 Å². The lowest BCUT2D eigenvalue weighted by Crippen LogP contribution is -2.27. The first-order valence-electron chi connectivity index (χ1n) is 7.63. The first-order valence-corrected chi connectivity index (χ1v) is 7.63. The van der Waals surface area contributed by atoms with Crippen molar-refractivity contribution in [3.63, 3.8) is 0 Å². The molecule has 0 spiro atoms. The van der Waals surface area contributed by atoms with Crippen LogP contribution in [0.1, 0.15) is 37.7 Å². The smallest absolute Gasteiger partial charge is 0.228 e. The van der Waals surface area contributed by atoms with Gasteiger partial charge in [0.1, 0.15) is 5.82 Å². The van der Waals surface area contributed by atoms with E-state index in [9.17, 15) is 4.79 Å². The molecule has 1 aromatic rings. The van der Waals surface area contributed by atoms with Gasteiger partial charge >= 0.3 is 0 Å². The Morgan fingerprint density at radius 1 is 1.43 bits per heavy atom. The van der Waals surface area contributed by atoms with Gasteiger partial charge in [0.2, 0.25) is 5.91 Å². The predicted molar refractivity (Wildman–Crippen MR) is 80.4 cm³/mol. The molecule has 1 heterocycles. The minimum absolute atomic E-state index is 0.0614. The van der Waals surface area contributed by atoms with E-state index >= 15 is 0 Å². The molecule has 4 nitrogen and oxygen atoms in total. The number of nitrogens with zero attached hydrogens (tertiary/aromatic N) is 1. The Hall–Kier alpha value is -1.86. The molecule has 2 fully saturated rings. The maximum absolute atomic E-state index is 12.4. The minimum Gasteiger partial charge on any atom is -0.395 e. The summed E-state index contributed by atoms with van der Waals surface area (Å²) in [6.07, 6.45) is 6.85. The summed E-state index contributed by atoms with van der Waals surface area (Å²) in [5.74, 6) is 7.99. The van der Waals surface area contributed by atoms with Crippen molar-refractivity contribution in [1.29, 1.82) is 0 Å². The van der Waals surface area contributed by atoms with Gasteiger partial charge < -0.3 is 10.4 Å². The van der Waals surface area contributed by atoms with E-state index < -0.39 is 0 Å². The first kappa shape index (κ1) is 14.1. The predicted octanol–water partition coefficient (Wildman–Crippen LogP) is 2.19. The number of fused-ring (bicyclic) bond motifs is 2. The number of amides is 1. The minimum atomic E-state index is 0.0614. The number of rotatable bonds is 3. The van der Waals surface area contributed by atoms with Crippen LogP contribution < -0.4 is 5.32 Å². The zero-order valence-electron chi connectivity index (χ0n) is 12.0. The summed E-state index contributed by atoms with van der Waals surface area (Å²) in [6.45, 7) is 0.0614. The summed E-state index contributed by atoms with van der Waals surface area (Å²) in [7, 11) is 0. The zero-order valence-corrected chi connectivity index (χ0v) is 12.0. The van der Waals surface area contributed by atoms with E-state index in [4.69, 9.17) is 5.11 Å². The Bertz CT molecular complexity index is 588. The van der Waals surface area contributed by atoms with Crippen LogP contribution in [0.4, 0.5) is 5.82 Å².